The van der Waals surface area contributed by atoms with Crippen molar-refractivity contribution in [3.05, 3.63) is 60.5 Å². The number of piperidine rings is 1. The maximum Gasteiger partial charge on any atom is 0.258 e. The quantitative estimate of drug-likeness (QED) is 0.395. The highest BCUT2D eigenvalue weighted by molar-refractivity contribution is 5.76. The number of carbonyl (C=O) groups excluding carboxylic acids is 1. The van der Waals surface area contributed by atoms with E-state index in [-0.39, 0.29) is 11.3 Å². The van der Waals surface area contributed by atoms with Gasteiger partial charge in [0.15, 0.2) is 5.82 Å². The molecule has 4 heterocycles. The second kappa shape index (κ2) is 9.65. The fourth-order valence-electron chi connectivity index (χ4n) is 4.22. The lowest BCUT2D eigenvalue weighted by atomic mass is 9.79. The molecule has 1 amide bonds. The predicted octanol–water partition coefficient (Wildman–Crippen LogP) is 3.70. The first kappa shape index (κ1) is 22.7. The minimum atomic E-state index is -0.248. The molecule has 0 N–H and O–H groups in total. The van der Waals surface area contributed by atoms with Gasteiger partial charge in [-0.25, -0.2) is 0 Å². The fraction of sp³-hybridized carbons (Fsp3) is 0.360. The van der Waals surface area contributed by atoms with Gasteiger partial charge in [-0.05, 0) is 37.1 Å². The van der Waals surface area contributed by atoms with Crippen LogP contribution in [-0.2, 0) is 16.6 Å². The van der Waals surface area contributed by atoms with E-state index < -0.39 is 0 Å². The van der Waals surface area contributed by atoms with Crippen molar-refractivity contribution < 1.29 is 18.6 Å². The molecule has 3 aromatic heterocycles. The molecule has 0 unspecified atom stereocenters. The molecule has 0 radical (unpaired) electrons. The molecular weight excluding hydrogens is 448 g/mol. The van der Waals surface area contributed by atoms with Crippen molar-refractivity contribution in [1.82, 2.24) is 30.2 Å². The topological polar surface area (TPSA) is 120 Å². The molecule has 0 bridgehead atoms. The summed E-state index contributed by atoms with van der Waals surface area (Å²) in [4.78, 5) is 27.8. The van der Waals surface area contributed by atoms with Crippen LogP contribution < -0.4 is 4.74 Å². The van der Waals surface area contributed by atoms with Gasteiger partial charge in [-0.3, -0.25) is 9.78 Å². The maximum atomic E-state index is 12.8. The highest BCUT2D eigenvalue weighted by atomic mass is 16.5. The minimum absolute atomic E-state index is 0.0645. The standard InChI is InChI=1S/C25H26N6O4/c1-25(24-28-23(35-30-24)17-9-13-26-14-10-17)11-15-31(16-12-25)21(32)8-7-20-27-22(29-34-20)18-5-3-4-6-19(18)33-2/h3-6,9-10,13-14H,7-8,11-12,15-16H2,1-2H3. The van der Waals surface area contributed by atoms with Crippen molar-refractivity contribution in [3.8, 4) is 28.6 Å². The second-order valence-electron chi connectivity index (χ2n) is 8.81. The van der Waals surface area contributed by atoms with E-state index in [1.54, 1.807) is 19.5 Å². The number of benzene rings is 1. The number of aromatic nitrogens is 5. The molecule has 0 spiro atoms. The normalized spacial score (nSPS) is 15.2. The van der Waals surface area contributed by atoms with Crippen LogP contribution >= 0.6 is 0 Å². The van der Waals surface area contributed by atoms with Crippen LogP contribution in [0.15, 0.2) is 57.8 Å². The molecule has 0 atom stereocenters. The third-order valence-electron chi connectivity index (χ3n) is 6.48. The summed E-state index contributed by atoms with van der Waals surface area (Å²) in [5, 5.41) is 8.27. The Kier molecular flexibility index (Phi) is 6.26. The zero-order valence-corrected chi connectivity index (χ0v) is 19.7. The third-order valence-corrected chi connectivity index (χ3v) is 6.48. The zero-order chi connectivity index (χ0) is 24.3. The Morgan fingerprint density at radius 3 is 2.60 bits per heavy atom. The van der Waals surface area contributed by atoms with Crippen LogP contribution in [0.1, 0.15) is 37.9 Å². The van der Waals surface area contributed by atoms with E-state index in [0.717, 1.165) is 24.0 Å². The van der Waals surface area contributed by atoms with Gasteiger partial charge in [0.1, 0.15) is 5.75 Å². The van der Waals surface area contributed by atoms with Gasteiger partial charge < -0.3 is 18.7 Å². The number of amides is 1. The summed E-state index contributed by atoms with van der Waals surface area (Å²) in [6.07, 6.45) is 5.59. The summed E-state index contributed by atoms with van der Waals surface area (Å²) < 4.78 is 16.2. The maximum absolute atomic E-state index is 12.8. The lowest BCUT2D eigenvalue weighted by Gasteiger charge is -2.37. The first-order valence-corrected chi connectivity index (χ1v) is 11.5. The van der Waals surface area contributed by atoms with E-state index in [1.165, 1.54) is 0 Å². The number of hydrogen-bond donors (Lipinski definition) is 0. The highest BCUT2D eigenvalue weighted by Gasteiger charge is 2.37. The van der Waals surface area contributed by atoms with Crippen molar-refractivity contribution >= 4 is 5.91 Å². The molecule has 1 aliphatic heterocycles. The Labute approximate surface area is 202 Å². The van der Waals surface area contributed by atoms with Crippen molar-refractivity contribution in [3.63, 3.8) is 0 Å². The molecule has 35 heavy (non-hydrogen) atoms. The van der Waals surface area contributed by atoms with E-state index in [9.17, 15) is 4.79 Å². The number of methoxy groups -OCH3 is 1. The van der Waals surface area contributed by atoms with Crippen LogP contribution in [0.3, 0.4) is 0 Å². The molecule has 0 saturated carbocycles. The molecule has 5 rings (SSSR count). The van der Waals surface area contributed by atoms with Crippen LogP contribution in [0, 0.1) is 0 Å². The van der Waals surface area contributed by atoms with Crippen molar-refractivity contribution in [2.75, 3.05) is 20.2 Å². The summed E-state index contributed by atoms with van der Waals surface area (Å²) >= 11 is 0. The fourth-order valence-corrected chi connectivity index (χ4v) is 4.22. The number of nitrogens with zero attached hydrogens (tertiary/aromatic N) is 6. The smallest absolute Gasteiger partial charge is 0.258 e. The Bertz CT molecular complexity index is 1290. The summed E-state index contributed by atoms with van der Waals surface area (Å²) in [7, 11) is 1.60. The molecule has 10 nitrogen and oxygen atoms in total. The first-order valence-electron chi connectivity index (χ1n) is 11.5. The van der Waals surface area contributed by atoms with Gasteiger partial charge in [0.25, 0.3) is 5.89 Å². The molecule has 1 aromatic carbocycles. The Morgan fingerprint density at radius 2 is 1.83 bits per heavy atom. The third kappa shape index (κ3) is 4.77. The summed E-state index contributed by atoms with van der Waals surface area (Å²) in [6, 6.07) is 11.1. The molecule has 180 valence electrons. The van der Waals surface area contributed by atoms with Crippen LogP contribution in [0.4, 0.5) is 0 Å². The van der Waals surface area contributed by atoms with E-state index in [0.29, 0.717) is 55.1 Å². The predicted molar refractivity (Wildman–Crippen MR) is 125 cm³/mol. The molecule has 1 aliphatic rings. The van der Waals surface area contributed by atoms with Gasteiger partial charge in [0, 0.05) is 49.3 Å². The number of rotatable bonds is 7. The Hall–Kier alpha value is -4.08. The summed E-state index contributed by atoms with van der Waals surface area (Å²) in [5.74, 6) is 2.76. The second-order valence-corrected chi connectivity index (χ2v) is 8.81. The minimum Gasteiger partial charge on any atom is -0.496 e. The number of likely N-dealkylation sites (tertiary alicyclic amines) is 1. The van der Waals surface area contributed by atoms with E-state index in [2.05, 4.69) is 32.2 Å². The van der Waals surface area contributed by atoms with Crippen LogP contribution in [0.5, 0.6) is 5.75 Å². The zero-order valence-electron chi connectivity index (χ0n) is 19.7. The van der Waals surface area contributed by atoms with Gasteiger partial charge >= 0.3 is 0 Å². The molecular formula is C25H26N6O4. The van der Waals surface area contributed by atoms with E-state index >= 15 is 0 Å². The Morgan fingerprint density at radius 1 is 1.06 bits per heavy atom. The number of pyridine rings is 1. The van der Waals surface area contributed by atoms with E-state index in [4.69, 9.17) is 13.8 Å². The summed E-state index contributed by atoms with van der Waals surface area (Å²) in [5.41, 5.74) is 1.34. The molecule has 1 saturated heterocycles. The monoisotopic (exact) mass is 474 g/mol. The lowest BCUT2D eigenvalue weighted by molar-refractivity contribution is -0.132. The van der Waals surface area contributed by atoms with Gasteiger partial charge in [-0.1, -0.05) is 29.4 Å². The van der Waals surface area contributed by atoms with E-state index in [1.807, 2.05) is 41.3 Å². The van der Waals surface area contributed by atoms with Gasteiger partial charge in [-0.2, -0.15) is 9.97 Å². The lowest BCUT2D eigenvalue weighted by Crippen LogP contribution is -2.44. The average Bonchev–Trinajstić information content (AvgIpc) is 3.59. The first-order chi connectivity index (χ1) is 17.1. The summed E-state index contributed by atoms with van der Waals surface area (Å²) in [6.45, 7) is 3.38. The Balaban J connectivity index is 1.16. The van der Waals surface area contributed by atoms with Crippen LogP contribution in [0.25, 0.3) is 22.8 Å². The molecule has 0 aliphatic carbocycles. The molecule has 10 heteroatoms. The number of carbonyl (C=O) groups is 1. The number of hydrogen-bond acceptors (Lipinski definition) is 9. The van der Waals surface area contributed by atoms with Gasteiger partial charge in [0.2, 0.25) is 17.6 Å². The SMILES string of the molecule is COc1ccccc1-c1noc(CCC(=O)N2CCC(C)(c3noc(-c4ccncc4)n3)CC2)n1. The average molecular weight is 475 g/mol. The van der Waals surface area contributed by atoms with Crippen LogP contribution in [-0.4, -0.2) is 56.3 Å². The number of para-hydroxylation sites is 1. The van der Waals surface area contributed by atoms with Crippen molar-refractivity contribution in [2.45, 2.75) is 38.0 Å². The van der Waals surface area contributed by atoms with Crippen molar-refractivity contribution in [2.24, 2.45) is 0 Å². The van der Waals surface area contributed by atoms with Crippen molar-refractivity contribution in [1.29, 1.82) is 0 Å². The van der Waals surface area contributed by atoms with Gasteiger partial charge in [0.05, 0.1) is 12.7 Å². The largest absolute Gasteiger partial charge is 0.496 e. The number of aryl methyl sites for hydroxylation is 1. The number of ether oxygens (including phenoxy) is 1. The van der Waals surface area contributed by atoms with Gasteiger partial charge in [-0.15, -0.1) is 0 Å². The molecule has 4 aromatic rings. The molecule has 1 fully saturated rings. The highest BCUT2D eigenvalue weighted by Crippen LogP contribution is 2.34. The van der Waals surface area contributed by atoms with Crippen LogP contribution in [0.2, 0.25) is 0 Å².